The van der Waals surface area contributed by atoms with Gasteiger partial charge in [0.05, 0.1) is 23.5 Å². The van der Waals surface area contributed by atoms with Gasteiger partial charge >= 0.3 is 0 Å². The summed E-state index contributed by atoms with van der Waals surface area (Å²) >= 11 is 11.9. The zero-order chi connectivity index (χ0) is 17.7. The van der Waals surface area contributed by atoms with Gasteiger partial charge in [-0.15, -0.1) is 0 Å². The summed E-state index contributed by atoms with van der Waals surface area (Å²) in [4.78, 5) is 12.1. The maximum absolute atomic E-state index is 12.1. The third-order valence-corrected chi connectivity index (χ3v) is 5.50. The van der Waals surface area contributed by atoms with Gasteiger partial charge in [0.25, 0.3) is 0 Å². The van der Waals surface area contributed by atoms with Gasteiger partial charge in [0.15, 0.2) is 0 Å². The van der Waals surface area contributed by atoms with Crippen LogP contribution >= 0.6 is 23.2 Å². The minimum absolute atomic E-state index is 0.0750. The first-order valence-electron chi connectivity index (χ1n) is 7.57. The van der Waals surface area contributed by atoms with Crippen molar-refractivity contribution in [1.82, 2.24) is 5.32 Å². The maximum Gasteiger partial charge on any atom is 0.232 e. The molecule has 6 nitrogen and oxygen atoms in total. The average Bonchev–Trinajstić information content (AvgIpc) is 2.52. The van der Waals surface area contributed by atoms with Crippen molar-refractivity contribution in [2.75, 3.05) is 36.9 Å². The molecule has 0 saturated carbocycles. The Hall–Kier alpha value is -1.02. The number of amides is 1. The van der Waals surface area contributed by atoms with E-state index in [1.165, 1.54) is 6.07 Å². The minimum Gasteiger partial charge on any atom is -0.381 e. The molecule has 1 amide bonds. The third kappa shape index (κ3) is 5.24. The fourth-order valence-corrected chi connectivity index (χ4v) is 4.03. The maximum atomic E-state index is 12.1. The second-order valence-corrected chi connectivity index (χ2v) is 8.36. The van der Waals surface area contributed by atoms with Crippen molar-refractivity contribution in [3.05, 3.63) is 28.2 Å². The van der Waals surface area contributed by atoms with E-state index in [9.17, 15) is 13.2 Å². The van der Waals surface area contributed by atoms with E-state index in [-0.39, 0.29) is 29.9 Å². The van der Waals surface area contributed by atoms with E-state index in [0.717, 1.165) is 10.6 Å². The summed E-state index contributed by atoms with van der Waals surface area (Å²) in [5, 5.41) is 3.45. The molecule has 0 spiro atoms. The normalized spacial score (nSPS) is 16.0. The number of hydrogen-bond donors (Lipinski definition) is 1. The quantitative estimate of drug-likeness (QED) is 0.802. The lowest BCUT2D eigenvalue weighted by atomic mass is 9.99. The van der Waals surface area contributed by atoms with Crippen LogP contribution in [0.4, 0.5) is 5.69 Å². The lowest BCUT2D eigenvalue weighted by molar-refractivity contribution is -0.127. The minimum atomic E-state index is -3.54. The van der Waals surface area contributed by atoms with E-state index in [4.69, 9.17) is 27.9 Å². The molecular formula is C15H20Cl2N2O4S. The second kappa shape index (κ2) is 8.38. The van der Waals surface area contributed by atoms with Crippen molar-refractivity contribution < 1.29 is 17.9 Å². The Morgan fingerprint density at radius 2 is 2.00 bits per heavy atom. The molecule has 0 radical (unpaired) electrons. The van der Waals surface area contributed by atoms with Crippen molar-refractivity contribution in [1.29, 1.82) is 0 Å². The van der Waals surface area contributed by atoms with Crippen LogP contribution in [0.3, 0.4) is 0 Å². The first-order chi connectivity index (χ1) is 11.3. The van der Waals surface area contributed by atoms with Crippen LogP contribution in [-0.2, 0) is 19.6 Å². The molecule has 1 aliphatic heterocycles. The molecule has 1 N–H and O–H groups in total. The number of benzene rings is 1. The fraction of sp³-hybridized carbons (Fsp3) is 0.533. The predicted octanol–water partition coefficient (Wildman–Crippen LogP) is 2.30. The summed E-state index contributed by atoms with van der Waals surface area (Å²) in [5.74, 6) is -0.154. The molecule has 0 unspecified atom stereocenters. The molecule has 0 aromatic heterocycles. The summed E-state index contributed by atoms with van der Waals surface area (Å²) in [7, 11) is -3.54. The number of nitrogens with one attached hydrogen (secondary N) is 1. The van der Waals surface area contributed by atoms with Crippen molar-refractivity contribution >= 4 is 44.8 Å². The zero-order valence-electron chi connectivity index (χ0n) is 13.3. The largest absolute Gasteiger partial charge is 0.381 e. The van der Waals surface area contributed by atoms with Gasteiger partial charge in [-0.3, -0.25) is 9.10 Å². The number of carbonyl (C=O) groups is 1. The average molecular weight is 395 g/mol. The fourth-order valence-electron chi connectivity index (χ4n) is 2.53. The lowest BCUT2D eigenvalue weighted by Gasteiger charge is -2.25. The monoisotopic (exact) mass is 394 g/mol. The highest BCUT2D eigenvalue weighted by Gasteiger charge is 2.23. The van der Waals surface area contributed by atoms with E-state index in [0.29, 0.717) is 36.8 Å². The highest BCUT2D eigenvalue weighted by atomic mass is 35.5. The van der Waals surface area contributed by atoms with Crippen LogP contribution in [0.5, 0.6) is 0 Å². The van der Waals surface area contributed by atoms with Gasteiger partial charge < -0.3 is 10.1 Å². The number of anilines is 1. The SMILES string of the molecule is CS(=O)(=O)N(CCNC(=O)C1CCOCC1)c1ccc(Cl)cc1Cl. The first-order valence-corrected chi connectivity index (χ1v) is 10.2. The van der Waals surface area contributed by atoms with Crippen molar-refractivity contribution in [2.24, 2.45) is 5.92 Å². The molecule has 1 saturated heterocycles. The summed E-state index contributed by atoms with van der Waals surface area (Å²) in [6.45, 7) is 1.44. The van der Waals surface area contributed by atoms with Gasteiger partial charge in [-0.1, -0.05) is 23.2 Å². The molecule has 0 atom stereocenters. The van der Waals surface area contributed by atoms with Gasteiger partial charge in [-0.2, -0.15) is 0 Å². The summed E-state index contributed by atoms with van der Waals surface area (Å²) in [6, 6.07) is 4.60. The van der Waals surface area contributed by atoms with Crippen LogP contribution in [0.2, 0.25) is 10.0 Å². The van der Waals surface area contributed by atoms with E-state index < -0.39 is 10.0 Å². The predicted molar refractivity (Wildman–Crippen MR) is 95.2 cm³/mol. The smallest absolute Gasteiger partial charge is 0.232 e. The topological polar surface area (TPSA) is 75.7 Å². The van der Waals surface area contributed by atoms with Crippen LogP contribution < -0.4 is 9.62 Å². The van der Waals surface area contributed by atoms with E-state index in [1.807, 2.05) is 0 Å². The number of carbonyl (C=O) groups excluding carboxylic acids is 1. The Balaban J connectivity index is 2.01. The van der Waals surface area contributed by atoms with Crippen LogP contribution in [0.25, 0.3) is 0 Å². The van der Waals surface area contributed by atoms with E-state index >= 15 is 0 Å². The Labute approximate surface area is 152 Å². The summed E-state index contributed by atoms with van der Waals surface area (Å²) in [6.07, 6.45) is 2.47. The molecule has 1 aromatic carbocycles. The van der Waals surface area contributed by atoms with E-state index in [1.54, 1.807) is 12.1 Å². The molecule has 24 heavy (non-hydrogen) atoms. The van der Waals surface area contributed by atoms with Crippen molar-refractivity contribution in [2.45, 2.75) is 12.8 Å². The number of ether oxygens (including phenoxy) is 1. The lowest BCUT2D eigenvalue weighted by Crippen LogP contribution is -2.41. The highest BCUT2D eigenvalue weighted by molar-refractivity contribution is 7.92. The van der Waals surface area contributed by atoms with E-state index in [2.05, 4.69) is 5.32 Å². The Morgan fingerprint density at radius 3 is 2.58 bits per heavy atom. The van der Waals surface area contributed by atoms with Crippen molar-refractivity contribution in [3.8, 4) is 0 Å². The number of hydrogen-bond acceptors (Lipinski definition) is 4. The second-order valence-electron chi connectivity index (χ2n) is 5.61. The molecule has 1 aromatic rings. The Morgan fingerprint density at radius 1 is 1.33 bits per heavy atom. The molecular weight excluding hydrogens is 375 g/mol. The van der Waals surface area contributed by atoms with Crippen LogP contribution in [0, 0.1) is 5.92 Å². The summed E-state index contributed by atoms with van der Waals surface area (Å²) in [5.41, 5.74) is 0.337. The van der Waals surface area contributed by atoms with Gasteiger partial charge in [-0.05, 0) is 31.0 Å². The van der Waals surface area contributed by atoms with Crippen LogP contribution in [0.15, 0.2) is 18.2 Å². The van der Waals surface area contributed by atoms with Crippen LogP contribution in [-0.4, -0.2) is 46.9 Å². The molecule has 1 fully saturated rings. The Bertz CT molecular complexity index is 691. The molecule has 0 bridgehead atoms. The number of halogens is 2. The number of sulfonamides is 1. The van der Waals surface area contributed by atoms with Gasteiger partial charge in [0.2, 0.25) is 15.9 Å². The Kier molecular flexibility index (Phi) is 6.74. The molecule has 0 aliphatic carbocycles. The summed E-state index contributed by atoms with van der Waals surface area (Å²) < 4.78 is 30.5. The third-order valence-electron chi connectivity index (χ3n) is 3.78. The molecule has 134 valence electrons. The van der Waals surface area contributed by atoms with Gasteiger partial charge in [-0.25, -0.2) is 8.42 Å². The number of nitrogens with zero attached hydrogens (tertiary/aromatic N) is 1. The number of rotatable bonds is 6. The molecule has 9 heteroatoms. The van der Waals surface area contributed by atoms with Crippen LogP contribution in [0.1, 0.15) is 12.8 Å². The highest BCUT2D eigenvalue weighted by Crippen LogP contribution is 2.30. The standard InChI is InChI=1S/C15H20Cl2N2O4S/c1-24(21,22)19(14-3-2-12(16)10-13(14)17)7-6-18-15(20)11-4-8-23-9-5-11/h2-3,10-11H,4-9H2,1H3,(H,18,20). The molecule has 1 heterocycles. The molecule has 1 aliphatic rings. The van der Waals surface area contributed by atoms with Gasteiger partial charge in [0, 0.05) is 30.7 Å². The van der Waals surface area contributed by atoms with Gasteiger partial charge in [0.1, 0.15) is 0 Å². The molecule has 2 rings (SSSR count). The van der Waals surface area contributed by atoms with Crippen molar-refractivity contribution in [3.63, 3.8) is 0 Å². The first kappa shape index (κ1) is 19.3. The zero-order valence-corrected chi connectivity index (χ0v) is 15.6.